The Morgan fingerprint density at radius 3 is 2.50 bits per heavy atom. The number of hydrogen-bond donors (Lipinski definition) is 0. The maximum absolute atomic E-state index is 2.47. The van der Waals surface area contributed by atoms with Crippen LogP contribution in [-0.2, 0) is 0 Å². The second-order valence-electron chi connectivity index (χ2n) is 4.74. The van der Waals surface area contributed by atoms with E-state index in [-0.39, 0.29) is 0 Å². The smallest absolute Gasteiger partial charge is 0.0124 e. The summed E-state index contributed by atoms with van der Waals surface area (Å²) in [6.45, 7) is 2.66. The average molecular weight is 168 g/mol. The van der Waals surface area contributed by atoms with Crippen molar-refractivity contribution in [2.24, 2.45) is 11.8 Å². The Bertz CT molecular complexity index is 167. The Hall–Kier alpha value is -0.0800. The summed E-state index contributed by atoms with van der Waals surface area (Å²) in [4.78, 5) is 4.86. The Balaban J connectivity index is 1.81. The largest absolute Gasteiger partial charge is 0.306 e. The Kier molecular flexibility index (Phi) is 2.13. The Morgan fingerprint density at radius 2 is 2.08 bits per heavy atom. The first-order valence-corrected chi connectivity index (χ1v) is 5.03. The molecule has 2 aliphatic rings. The topological polar surface area (TPSA) is 6.48 Å². The van der Waals surface area contributed by atoms with Crippen molar-refractivity contribution in [3.63, 3.8) is 0 Å². The van der Waals surface area contributed by atoms with E-state index in [2.05, 4.69) is 30.9 Å². The van der Waals surface area contributed by atoms with Crippen LogP contribution in [0.1, 0.15) is 12.8 Å². The molecule has 1 saturated carbocycles. The van der Waals surface area contributed by atoms with E-state index in [1.54, 1.807) is 0 Å². The summed E-state index contributed by atoms with van der Waals surface area (Å²) < 4.78 is 0. The van der Waals surface area contributed by atoms with Crippen LogP contribution in [-0.4, -0.2) is 50.1 Å². The zero-order chi connectivity index (χ0) is 8.72. The van der Waals surface area contributed by atoms with Crippen molar-refractivity contribution in [1.29, 1.82) is 0 Å². The van der Waals surface area contributed by atoms with Gasteiger partial charge in [0.15, 0.2) is 0 Å². The standard InChI is InChI=1S/C10H20N2/c1-11(2)10-6-9(10)8-4-5-12(3)7-8/h8-10H,4-7H2,1-3H3/t8?,9-,10-/m1/s1. The van der Waals surface area contributed by atoms with Crippen molar-refractivity contribution in [2.75, 3.05) is 34.2 Å². The van der Waals surface area contributed by atoms with Crippen molar-refractivity contribution in [2.45, 2.75) is 18.9 Å². The molecule has 0 N–H and O–H groups in total. The molecule has 3 atom stereocenters. The normalized spacial score (nSPS) is 42.5. The molecule has 2 fully saturated rings. The van der Waals surface area contributed by atoms with Gasteiger partial charge in [-0.05, 0) is 52.4 Å². The maximum Gasteiger partial charge on any atom is 0.0124 e. The van der Waals surface area contributed by atoms with Crippen LogP contribution < -0.4 is 0 Å². The van der Waals surface area contributed by atoms with Crippen LogP contribution in [0.25, 0.3) is 0 Å². The minimum Gasteiger partial charge on any atom is -0.306 e. The van der Waals surface area contributed by atoms with Gasteiger partial charge in [-0.3, -0.25) is 0 Å². The average Bonchev–Trinajstić information content (AvgIpc) is 2.70. The highest BCUT2D eigenvalue weighted by molar-refractivity contribution is 4.99. The Labute approximate surface area is 75.5 Å². The van der Waals surface area contributed by atoms with E-state index in [0.29, 0.717) is 0 Å². The number of nitrogens with zero attached hydrogens (tertiary/aromatic N) is 2. The summed E-state index contributed by atoms with van der Waals surface area (Å²) in [6, 6.07) is 0.904. The van der Waals surface area contributed by atoms with Gasteiger partial charge in [-0.1, -0.05) is 0 Å². The Morgan fingerprint density at radius 1 is 1.33 bits per heavy atom. The lowest BCUT2D eigenvalue weighted by Crippen LogP contribution is -2.20. The van der Waals surface area contributed by atoms with Gasteiger partial charge in [0.25, 0.3) is 0 Å². The van der Waals surface area contributed by atoms with Crippen LogP contribution in [0.15, 0.2) is 0 Å². The summed E-state index contributed by atoms with van der Waals surface area (Å²) in [5.74, 6) is 2.02. The first kappa shape index (κ1) is 8.52. The molecule has 2 heteroatoms. The molecular weight excluding hydrogens is 148 g/mol. The molecular formula is C10H20N2. The fraction of sp³-hybridized carbons (Fsp3) is 1.00. The summed E-state index contributed by atoms with van der Waals surface area (Å²) in [7, 11) is 6.67. The molecule has 0 aromatic heterocycles. The highest BCUT2D eigenvalue weighted by atomic mass is 15.2. The van der Waals surface area contributed by atoms with Crippen LogP contribution in [0, 0.1) is 11.8 Å². The van der Waals surface area contributed by atoms with Gasteiger partial charge in [-0.25, -0.2) is 0 Å². The second-order valence-corrected chi connectivity index (χ2v) is 4.74. The van der Waals surface area contributed by atoms with Gasteiger partial charge in [0.1, 0.15) is 0 Å². The molecule has 12 heavy (non-hydrogen) atoms. The number of hydrogen-bond acceptors (Lipinski definition) is 2. The molecule has 0 aromatic carbocycles. The van der Waals surface area contributed by atoms with E-state index in [4.69, 9.17) is 0 Å². The molecule has 1 aliphatic carbocycles. The highest BCUT2D eigenvalue weighted by Crippen LogP contribution is 2.43. The van der Waals surface area contributed by atoms with Crippen LogP contribution in [0.5, 0.6) is 0 Å². The van der Waals surface area contributed by atoms with E-state index < -0.39 is 0 Å². The lowest BCUT2D eigenvalue weighted by molar-refractivity contribution is 0.328. The van der Waals surface area contributed by atoms with Crippen LogP contribution in [0.3, 0.4) is 0 Å². The van der Waals surface area contributed by atoms with Crippen molar-refractivity contribution in [3.8, 4) is 0 Å². The molecule has 0 spiro atoms. The van der Waals surface area contributed by atoms with Gasteiger partial charge in [0.2, 0.25) is 0 Å². The minimum atomic E-state index is 0.904. The molecule has 1 aliphatic heterocycles. The molecule has 1 unspecified atom stereocenters. The summed E-state index contributed by atoms with van der Waals surface area (Å²) in [6.07, 6.45) is 2.89. The molecule has 2 nitrogen and oxygen atoms in total. The van der Waals surface area contributed by atoms with E-state index in [1.807, 2.05) is 0 Å². The van der Waals surface area contributed by atoms with E-state index in [9.17, 15) is 0 Å². The lowest BCUT2D eigenvalue weighted by Gasteiger charge is -2.13. The number of likely N-dealkylation sites (tertiary alicyclic amines) is 1. The highest BCUT2D eigenvalue weighted by Gasteiger charge is 2.45. The molecule has 0 bridgehead atoms. The third-order valence-electron chi connectivity index (χ3n) is 3.50. The fourth-order valence-corrected chi connectivity index (χ4v) is 2.62. The van der Waals surface area contributed by atoms with Crippen molar-refractivity contribution >= 4 is 0 Å². The molecule has 70 valence electrons. The molecule has 2 rings (SSSR count). The SMILES string of the molecule is CN1CCC([C@H]2C[C@H]2N(C)C)C1. The summed E-state index contributed by atoms with van der Waals surface area (Å²) >= 11 is 0. The van der Waals surface area contributed by atoms with Crippen LogP contribution >= 0.6 is 0 Å². The molecule has 0 aromatic rings. The lowest BCUT2D eigenvalue weighted by atomic mass is 10.0. The van der Waals surface area contributed by atoms with Crippen molar-refractivity contribution in [3.05, 3.63) is 0 Å². The molecule has 1 saturated heterocycles. The zero-order valence-electron chi connectivity index (χ0n) is 8.45. The van der Waals surface area contributed by atoms with Gasteiger partial charge >= 0.3 is 0 Å². The van der Waals surface area contributed by atoms with E-state index in [1.165, 1.54) is 25.9 Å². The minimum absolute atomic E-state index is 0.904. The first-order chi connectivity index (χ1) is 5.68. The number of rotatable bonds is 2. The monoisotopic (exact) mass is 168 g/mol. The van der Waals surface area contributed by atoms with Gasteiger partial charge in [0, 0.05) is 12.6 Å². The molecule has 0 amide bonds. The quantitative estimate of drug-likeness (QED) is 0.604. The van der Waals surface area contributed by atoms with Gasteiger partial charge in [0.05, 0.1) is 0 Å². The third-order valence-corrected chi connectivity index (χ3v) is 3.50. The zero-order valence-corrected chi connectivity index (χ0v) is 8.45. The fourth-order valence-electron chi connectivity index (χ4n) is 2.62. The molecule has 0 radical (unpaired) electrons. The van der Waals surface area contributed by atoms with Gasteiger partial charge in [-0.2, -0.15) is 0 Å². The predicted octanol–water partition coefficient (Wildman–Crippen LogP) is 0.888. The predicted molar refractivity (Wildman–Crippen MR) is 51.2 cm³/mol. The third kappa shape index (κ3) is 1.50. The second kappa shape index (κ2) is 3.00. The van der Waals surface area contributed by atoms with Gasteiger partial charge in [-0.15, -0.1) is 0 Å². The van der Waals surface area contributed by atoms with Crippen LogP contribution in [0.4, 0.5) is 0 Å². The molecule has 1 heterocycles. The van der Waals surface area contributed by atoms with E-state index in [0.717, 1.165) is 17.9 Å². The van der Waals surface area contributed by atoms with Crippen molar-refractivity contribution < 1.29 is 0 Å². The summed E-state index contributed by atoms with van der Waals surface area (Å²) in [5, 5.41) is 0. The first-order valence-electron chi connectivity index (χ1n) is 5.03. The maximum atomic E-state index is 2.47. The van der Waals surface area contributed by atoms with Gasteiger partial charge < -0.3 is 9.80 Å². The van der Waals surface area contributed by atoms with Crippen molar-refractivity contribution in [1.82, 2.24) is 9.80 Å². The van der Waals surface area contributed by atoms with E-state index >= 15 is 0 Å². The van der Waals surface area contributed by atoms with Crippen LogP contribution in [0.2, 0.25) is 0 Å². The summed E-state index contributed by atoms with van der Waals surface area (Å²) in [5.41, 5.74) is 0.